The number of alkyl halides is 2. The van der Waals surface area contributed by atoms with Crippen LogP contribution in [0.25, 0.3) is 22.4 Å². The zero-order valence-corrected chi connectivity index (χ0v) is 25.7. The number of halogens is 3. The largest absolute Gasteiger partial charge is 0.481 e. The molecule has 0 bridgehead atoms. The normalized spacial score (nSPS) is 17.8. The molecule has 46 heavy (non-hydrogen) atoms. The lowest BCUT2D eigenvalue weighted by molar-refractivity contribution is -0.141. The number of hydrogen-bond acceptors (Lipinski definition) is 8. The third-order valence-corrected chi connectivity index (χ3v) is 9.38. The van der Waals surface area contributed by atoms with Crippen molar-refractivity contribution in [2.75, 3.05) is 29.6 Å². The summed E-state index contributed by atoms with van der Waals surface area (Å²) in [6.07, 6.45) is 5.50. The fourth-order valence-electron chi connectivity index (χ4n) is 6.13. The predicted octanol–water partition coefficient (Wildman–Crippen LogP) is 6.14. The molecular weight excluding hydrogens is 625 g/mol. The van der Waals surface area contributed by atoms with Crippen LogP contribution in [0.15, 0.2) is 36.5 Å². The molecule has 4 heterocycles. The number of thiazole rings is 1. The van der Waals surface area contributed by atoms with Crippen LogP contribution >= 0.6 is 11.3 Å². The number of benzene rings is 1. The van der Waals surface area contributed by atoms with Gasteiger partial charge in [0.2, 0.25) is 16.9 Å². The van der Waals surface area contributed by atoms with Crippen LogP contribution in [0.1, 0.15) is 51.4 Å². The maximum Gasteiger partial charge on any atom is 0.387 e. The highest BCUT2D eigenvalue weighted by atomic mass is 32.1. The summed E-state index contributed by atoms with van der Waals surface area (Å²) in [5, 5.41) is 8.96. The molecule has 14 heteroatoms. The minimum Gasteiger partial charge on any atom is -0.481 e. The van der Waals surface area contributed by atoms with Gasteiger partial charge in [0.05, 0.1) is 6.42 Å². The standard InChI is InChI=1S/C32H33F3N4O6S/c33-29-28(37-32(46-29)39(21-4-5-21)30(43)20(15-27(41)42)14-18-9-12-44-13-10-18)24-16-22(45-31(34)35)6-7-23(24)19-3-8-25(36-17-19)38-11-1-2-26(38)40/h3,6-8,16-18,20-21,31H,1-2,4-5,9-15H2,(H,41,42). The molecule has 2 amide bonds. The van der Waals surface area contributed by atoms with E-state index in [0.717, 1.165) is 19.3 Å². The van der Waals surface area contributed by atoms with Crippen LogP contribution in [0, 0.1) is 17.0 Å². The number of ether oxygens (including phenoxy) is 2. The van der Waals surface area contributed by atoms with Crippen LogP contribution in [0.3, 0.4) is 0 Å². The number of amides is 2. The zero-order chi connectivity index (χ0) is 32.4. The fraction of sp³-hybridized carbons (Fsp3) is 0.469. The molecule has 1 aromatic carbocycles. The van der Waals surface area contributed by atoms with Crippen molar-refractivity contribution in [3.05, 3.63) is 41.7 Å². The Labute approximate surface area is 267 Å². The predicted molar refractivity (Wildman–Crippen MR) is 163 cm³/mol. The average Bonchev–Trinajstić information content (AvgIpc) is 3.65. The second kappa shape index (κ2) is 13.8. The number of carboxylic acid groups (broad SMARTS) is 1. The molecule has 1 unspecified atom stereocenters. The van der Waals surface area contributed by atoms with Gasteiger partial charge in [-0.15, -0.1) is 0 Å². The summed E-state index contributed by atoms with van der Waals surface area (Å²) in [5.41, 5.74) is 0.941. The molecule has 10 nitrogen and oxygen atoms in total. The van der Waals surface area contributed by atoms with Crippen LogP contribution in [-0.4, -0.2) is 65.3 Å². The third-order valence-electron chi connectivity index (χ3n) is 8.54. The molecule has 2 aliphatic heterocycles. The van der Waals surface area contributed by atoms with E-state index in [1.54, 1.807) is 17.0 Å². The lowest BCUT2D eigenvalue weighted by atomic mass is 9.86. The van der Waals surface area contributed by atoms with E-state index in [4.69, 9.17) is 4.74 Å². The number of carbonyl (C=O) groups is 3. The molecule has 3 fully saturated rings. The number of pyridine rings is 1. The number of carboxylic acids is 1. The van der Waals surface area contributed by atoms with Gasteiger partial charge in [-0.05, 0) is 80.3 Å². The smallest absolute Gasteiger partial charge is 0.387 e. The van der Waals surface area contributed by atoms with E-state index < -0.39 is 29.5 Å². The summed E-state index contributed by atoms with van der Waals surface area (Å²) in [6.45, 7) is -1.45. The fourth-order valence-corrected chi connectivity index (χ4v) is 7.02. The summed E-state index contributed by atoms with van der Waals surface area (Å²) < 4.78 is 52.2. The molecule has 3 aliphatic rings. The first-order valence-electron chi connectivity index (χ1n) is 15.3. The van der Waals surface area contributed by atoms with Crippen molar-refractivity contribution < 1.29 is 42.1 Å². The highest BCUT2D eigenvalue weighted by Crippen LogP contribution is 2.43. The molecule has 2 aromatic heterocycles. The SMILES string of the molecule is O=C(O)CC(CC1CCOCC1)C(=O)N(c1nc(-c2cc(OC(F)F)ccc2-c2ccc(N3CCCC3=O)nc2)c(F)s1)C1CC1. The quantitative estimate of drug-likeness (QED) is 0.246. The Balaban J connectivity index is 1.34. The molecule has 0 radical (unpaired) electrons. The highest BCUT2D eigenvalue weighted by Gasteiger charge is 2.40. The van der Waals surface area contributed by atoms with E-state index in [-0.39, 0.29) is 46.4 Å². The molecule has 6 rings (SSSR count). The van der Waals surface area contributed by atoms with Crippen LogP contribution in [-0.2, 0) is 19.1 Å². The Hall–Kier alpha value is -4.04. The summed E-state index contributed by atoms with van der Waals surface area (Å²) in [5.74, 6) is -1.95. The number of rotatable bonds is 12. The first-order chi connectivity index (χ1) is 22.2. The molecule has 244 valence electrons. The maximum absolute atomic E-state index is 15.9. The number of anilines is 2. The first-order valence-corrected chi connectivity index (χ1v) is 16.1. The molecular formula is C32H33F3N4O6S. The van der Waals surface area contributed by atoms with Gasteiger partial charge in [0.1, 0.15) is 17.3 Å². The lowest BCUT2D eigenvalue weighted by Crippen LogP contribution is -2.40. The molecule has 1 aliphatic carbocycles. The molecule has 1 atom stereocenters. The maximum atomic E-state index is 15.9. The van der Waals surface area contributed by atoms with Crippen LogP contribution < -0.4 is 14.5 Å². The lowest BCUT2D eigenvalue weighted by Gasteiger charge is -2.29. The van der Waals surface area contributed by atoms with Gasteiger partial charge in [0.15, 0.2) is 5.13 Å². The molecule has 0 spiro atoms. The van der Waals surface area contributed by atoms with E-state index in [9.17, 15) is 28.3 Å². The Morgan fingerprint density at radius 3 is 2.54 bits per heavy atom. The van der Waals surface area contributed by atoms with Gasteiger partial charge in [-0.25, -0.2) is 9.97 Å². The summed E-state index contributed by atoms with van der Waals surface area (Å²) >= 11 is 0.651. The van der Waals surface area contributed by atoms with Crippen LogP contribution in [0.4, 0.5) is 24.1 Å². The van der Waals surface area contributed by atoms with Gasteiger partial charge in [0, 0.05) is 55.5 Å². The van der Waals surface area contributed by atoms with Crippen LogP contribution in [0.2, 0.25) is 0 Å². The first kappa shape index (κ1) is 31.9. The van der Waals surface area contributed by atoms with Crippen molar-refractivity contribution in [1.82, 2.24) is 9.97 Å². The van der Waals surface area contributed by atoms with Gasteiger partial charge in [-0.1, -0.05) is 11.3 Å². The molecule has 1 N–H and O–H groups in total. The number of nitrogens with zero attached hydrogens (tertiary/aromatic N) is 4. The minimum atomic E-state index is -3.11. The summed E-state index contributed by atoms with van der Waals surface area (Å²) in [7, 11) is 0. The van der Waals surface area contributed by atoms with Crippen LogP contribution in [0.5, 0.6) is 5.75 Å². The van der Waals surface area contributed by atoms with Crippen molar-refractivity contribution in [1.29, 1.82) is 0 Å². The Kier molecular flexibility index (Phi) is 9.54. The Morgan fingerprint density at radius 2 is 1.91 bits per heavy atom. The number of carbonyl (C=O) groups excluding carboxylic acids is 2. The van der Waals surface area contributed by atoms with Gasteiger partial charge < -0.3 is 14.6 Å². The van der Waals surface area contributed by atoms with E-state index in [0.29, 0.717) is 73.7 Å². The molecule has 3 aromatic rings. The zero-order valence-electron chi connectivity index (χ0n) is 24.9. The Morgan fingerprint density at radius 1 is 1.13 bits per heavy atom. The van der Waals surface area contributed by atoms with Crippen molar-refractivity contribution in [3.8, 4) is 28.1 Å². The number of aromatic nitrogens is 2. The summed E-state index contributed by atoms with van der Waals surface area (Å²) in [6, 6.07) is 7.24. The van der Waals surface area contributed by atoms with E-state index in [1.807, 2.05) is 0 Å². The molecule has 1 saturated carbocycles. The molecule has 2 saturated heterocycles. The Bertz CT molecular complexity index is 1590. The van der Waals surface area contributed by atoms with Gasteiger partial charge in [-0.2, -0.15) is 13.2 Å². The van der Waals surface area contributed by atoms with Crippen molar-refractivity contribution in [3.63, 3.8) is 0 Å². The van der Waals surface area contributed by atoms with Gasteiger partial charge >= 0.3 is 12.6 Å². The van der Waals surface area contributed by atoms with Gasteiger partial charge in [-0.3, -0.25) is 24.2 Å². The van der Waals surface area contributed by atoms with Crippen molar-refractivity contribution in [2.45, 2.75) is 64.0 Å². The second-order valence-electron chi connectivity index (χ2n) is 11.8. The third kappa shape index (κ3) is 7.17. The van der Waals surface area contributed by atoms with Crippen molar-refractivity contribution in [2.24, 2.45) is 11.8 Å². The summed E-state index contributed by atoms with van der Waals surface area (Å²) in [4.78, 5) is 49.9. The number of aliphatic carboxylic acids is 1. The topological polar surface area (TPSA) is 122 Å². The van der Waals surface area contributed by atoms with E-state index >= 15 is 4.39 Å². The second-order valence-corrected chi connectivity index (χ2v) is 12.7. The van der Waals surface area contributed by atoms with E-state index in [1.165, 1.54) is 29.3 Å². The minimum absolute atomic E-state index is 0.0281. The van der Waals surface area contributed by atoms with E-state index in [2.05, 4.69) is 14.7 Å². The average molecular weight is 659 g/mol. The van der Waals surface area contributed by atoms with Gasteiger partial charge in [0.25, 0.3) is 0 Å². The monoisotopic (exact) mass is 658 g/mol. The number of hydrogen-bond donors (Lipinski definition) is 1. The highest BCUT2D eigenvalue weighted by molar-refractivity contribution is 7.14. The van der Waals surface area contributed by atoms with Crippen molar-refractivity contribution >= 4 is 40.1 Å².